The van der Waals surface area contributed by atoms with Gasteiger partial charge in [-0.05, 0) is 24.6 Å². The highest BCUT2D eigenvalue weighted by atomic mass is 79.9. The Bertz CT molecular complexity index is 660. The van der Waals surface area contributed by atoms with Crippen LogP contribution in [0.3, 0.4) is 0 Å². The Morgan fingerprint density at radius 1 is 1.43 bits per heavy atom. The molecular weight excluding hydrogens is 364 g/mol. The number of rotatable bonds is 6. The van der Waals surface area contributed by atoms with Crippen LogP contribution in [0, 0.1) is 0 Å². The number of hydrogen-bond donors (Lipinski definition) is 3. The SMILES string of the molecule is CS(=O)(=O)CCC(N)C(=O)Nc1ccc(Br)cc1C(=O)O. The summed E-state index contributed by atoms with van der Waals surface area (Å²) in [6.45, 7) is 0. The van der Waals surface area contributed by atoms with Crippen LogP contribution >= 0.6 is 15.9 Å². The first-order chi connectivity index (χ1) is 9.60. The lowest BCUT2D eigenvalue weighted by Crippen LogP contribution is -2.37. The van der Waals surface area contributed by atoms with Crippen molar-refractivity contribution in [1.29, 1.82) is 0 Å². The zero-order chi connectivity index (χ0) is 16.2. The van der Waals surface area contributed by atoms with Crippen molar-refractivity contribution in [3.8, 4) is 0 Å². The van der Waals surface area contributed by atoms with Gasteiger partial charge in [-0.25, -0.2) is 13.2 Å². The van der Waals surface area contributed by atoms with E-state index in [-0.39, 0.29) is 23.4 Å². The van der Waals surface area contributed by atoms with Crippen LogP contribution in [0.5, 0.6) is 0 Å². The van der Waals surface area contributed by atoms with Gasteiger partial charge in [0.15, 0.2) is 0 Å². The molecule has 4 N–H and O–H groups in total. The Kier molecular flexibility index (Phi) is 5.87. The minimum Gasteiger partial charge on any atom is -0.478 e. The molecule has 0 aliphatic carbocycles. The zero-order valence-corrected chi connectivity index (χ0v) is 13.6. The van der Waals surface area contributed by atoms with Gasteiger partial charge in [0.2, 0.25) is 5.91 Å². The fourth-order valence-electron chi connectivity index (χ4n) is 1.50. The number of carbonyl (C=O) groups excluding carboxylic acids is 1. The minimum absolute atomic E-state index is 0.0381. The maximum absolute atomic E-state index is 11.9. The molecule has 0 aliphatic rings. The largest absolute Gasteiger partial charge is 0.478 e. The number of amides is 1. The van der Waals surface area contributed by atoms with E-state index in [4.69, 9.17) is 10.8 Å². The lowest BCUT2D eigenvalue weighted by atomic mass is 10.1. The molecule has 0 aliphatic heterocycles. The molecule has 7 nitrogen and oxygen atoms in total. The smallest absolute Gasteiger partial charge is 0.337 e. The van der Waals surface area contributed by atoms with Crippen LogP contribution in [0.15, 0.2) is 22.7 Å². The van der Waals surface area contributed by atoms with E-state index in [1.165, 1.54) is 12.1 Å². The second-order valence-electron chi connectivity index (χ2n) is 4.51. The Morgan fingerprint density at radius 2 is 2.05 bits per heavy atom. The number of nitrogens with one attached hydrogen (secondary N) is 1. The fraction of sp³-hybridized carbons (Fsp3) is 0.333. The summed E-state index contributed by atoms with van der Waals surface area (Å²) in [5.41, 5.74) is 5.61. The third-order valence-corrected chi connectivity index (χ3v) is 4.08. The van der Waals surface area contributed by atoms with E-state index < -0.39 is 27.8 Å². The maximum Gasteiger partial charge on any atom is 0.337 e. The minimum atomic E-state index is -3.21. The van der Waals surface area contributed by atoms with Gasteiger partial charge in [0.25, 0.3) is 0 Å². The van der Waals surface area contributed by atoms with Gasteiger partial charge in [0.1, 0.15) is 9.84 Å². The number of nitrogens with two attached hydrogens (primary N) is 1. The van der Waals surface area contributed by atoms with Crippen molar-refractivity contribution in [1.82, 2.24) is 0 Å². The van der Waals surface area contributed by atoms with Crippen molar-refractivity contribution < 1.29 is 23.1 Å². The Labute approximate surface area is 130 Å². The average molecular weight is 379 g/mol. The summed E-state index contributed by atoms with van der Waals surface area (Å²) in [5.74, 6) is -2.05. The molecule has 1 aromatic carbocycles. The van der Waals surface area contributed by atoms with Gasteiger partial charge in [-0.1, -0.05) is 15.9 Å². The summed E-state index contributed by atoms with van der Waals surface area (Å²) in [6.07, 6.45) is 1.01. The third kappa shape index (κ3) is 5.82. The summed E-state index contributed by atoms with van der Waals surface area (Å²) in [4.78, 5) is 23.0. The van der Waals surface area contributed by atoms with Crippen LogP contribution in [0.1, 0.15) is 16.8 Å². The second-order valence-corrected chi connectivity index (χ2v) is 7.68. The number of carbonyl (C=O) groups is 2. The van der Waals surface area contributed by atoms with E-state index in [1.54, 1.807) is 6.07 Å². The number of carboxylic acids is 1. The first kappa shape index (κ1) is 17.6. The lowest BCUT2D eigenvalue weighted by Gasteiger charge is -2.13. The average Bonchev–Trinajstić information content (AvgIpc) is 2.36. The number of anilines is 1. The van der Waals surface area contributed by atoms with E-state index in [9.17, 15) is 18.0 Å². The van der Waals surface area contributed by atoms with Gasteiger partial charge in [-0.3, -0.25) is 4.79 Å². The summed E-state index contributed by atoms with van der Waals surface area (Å²) in [5, 5.41) is 11.5. The summed E-state index contributed by atoms with van der Waals surface area (Å²) in [6, 6.07) is 3.31. The van der Waals surface area contributed by atoms with Crippen LogP contribution in [0.25, 0.3) is 0 Å². The number of sulfone groups is 1. The highest BCUT2D eigenvalue weighted by molar-refractivity contribution is 9.10. The maximum atomic E-state index is 11.9. The topological polar surface area (TPSA) is 127 Å². The lowest BCUT2D eigenvalue weighted by molar-refractivity contribution is -0.117. The summed E-state index contributed by atoms with van der Waals surface area (Å²) in [7, 11) is -3.21. The van der Waals surface area contributed by atoms with Crippen LogP contribution in [0.2, 0.25) is 0 Å². The van der Waals surface area contributed by atoms with E-state index in [0.717, 1.165) is 6.26 Å². The van der Waals surface area contributed by atoms with E-state index in [1.807, 2.05) is 0 Å². The summed E-state index contributed by atoms with van der Waals surface area (Å²) < 4.78 is 22.6. The molecule has 0 heterocycles. The predicted molar refractivity (Wildman–Crippen MR) is 82.0 cm³/mol. The normalized spacial score (nSPS) is 12.7. The van der Waals surface area contributed by atoms with Gasteiger partial charge in [-0.15, -0.1) is 0 Å². The monoisotopic (exact) mass is 378 g/mol. The second kappa shape index (κ2) is 7.01. The van der Waals surface area contributed by atoms with Crippen LogP contribution in [-0.4, -0.2) is 43.5 Å². The molecule has 21 heavy (non-hydrogen) atoms. The first-order valence-corrected chi connectivity index (χ1v) is 8.72. The van der Waals surface area contributed by atoms with Gasteiger partial charge in [0, 0.05) is 10.7 Å². The van der Waals surface area contributed by atoms with Gasteiger partial charge < -0.3 is 16.2 Å². The molecule has 0 bridgehead atoms. The fourth-order valence-corrected chi connectivity index (χ4v) is 2.54. The Morgan fingerprint density at radius 3 is 2.57 bits per heavy atom. The molecule has 116 valence electrons. The molecule has 0 saturated heterocycles. The molecule has 0 saturated carbocycles. The molecule has 0 fully saturated rings. The van der Waals surface area contributed by atoms with Crippen LogP contribution < -0.4 is 11.1 Å². The number of carboxylic acid groups (broad SMARTS) is 1. The van der Waals surface area contributed by atoms with Crippen LogP contribution in [-0.2, 0) is 14.6 Å². The highest BCUT2D eigenvalue weighted by Gasteiger charge is 2.19. The van der Waals surface area contributed by atoms with Gasteiger partial charge >= 0.3 is 5.97 Å². The van der Waals surface area contributed by atoms with Gasteiger partial charge in [0.05, 0.1) is 23.0 Å². The molecule has 0 radical (unpaired) electrons. The standard InChI is InChI=1S/C12H15BrN2O5S/c1-21(19,20)5-4-9(14)11(16)15-10-3-2-7(13)6-8(10)12(17)18/h2-3,6,9H,4-5,14H2,1H3,(H,15,16)(H,17,18). The van der Waals surface area contributed by atoms with E-state index >= 15 is 0 Å². The quantitative estimate of drug-likeness (QED) is 0.673. The van der Waals surface area contributed by atoms with E-state index in [0.29, 0.717) is 4.47 Å². The molecule has 1 rings (SSSR count). The van der Waals surface area contributed by atoms with Crippen molar-refractivity contribution in [2.75, 3.05) is 17.3 Å². The number of benzene rings is 1. The van der Waals surface area contributed by atoms with Crippen LogP contribution in [0.4, 0.5) is 5.69 Å². The molecule has 1 unspecified atom stereocenters. The molecule has 1 amide bonds. The van der Waals surface area contributed by atoms with Crippen molar-refractivity contribution in [3.05, 3.63) is 28.2 Å². The highest BCUT2D eigenvalue weighted by Crippen LogP contribution is 2.21. The molecule has 1 atom stereocenters. The van der Waals surface area contributed by atoms with Crippen molar-refractivity contribution in [2.24, 2.45) is 5.73 Å². The molecule has 1 aromatic rings. The molecule has 0 spiro atoms. The van der Waals surface area contributed by atoms with E-state index in [2.05, 4.69) is 21.2 Å². The Hall–Kier alpha value is -1.45. The number of halogens is 1. The molecule has 0 aromatic heterocycles. The van der Waals surface area contributed by atoms with Crippen molar-refractivity contribution >= 4 is 43.3 Å². The predicted octanol–water partition coefficient (Wildman–Crippen LogP) is 0.848. The summed E-state index contributed by atoms with van der Waals surface area (Å²) >= 11 is 3.14. The molecular formula is C12H15BrN2O5S. The van der Waals surface area contributed by atoms with Gasteiger partial charge in [-0.2, -0.15) is 0 Å². The first-order valence-electron chi connectivity index (χ1n) is 5.87. The zero-order valence-electron chi connectivity index (χ0n) is 11.2. The third-order valence-electron chi connectivity index (χ3n) is 2.61. The van der Waals surface area contributed by atoms with Crippen molar-refractivity contribution in [2.45, 2.75) is 12.5 Å². The number of aromatic carboxylic acids is 1. The van der Waals surface area contributed by atoms with Crippen molar-refractivity contribution in [3.63, 3.8) is 0 Å². The Balaban J connectivity index is 2.81. The molecule has 9 heteroatoms. The number of hydrogen-bond acceptors (Lipinski definition) is 5.